The lowest BCUT2D eigenvalue weighted by Gasteiger charge is -2.04. The zero-order valence-electron chi connectivity index (χ0n) is 10.1. The van der Waals surface area contributed by atoms with Gasteiger partial charge in [0.25, 0.3) is 0 Å². The largest absolute Gasteiger partial charge is 0.313 e. The SMILES string of the molecule is CCNCc1ccc(Sc2nncn2C)cc1. The Morgan fingerprint density at radius 1 is 1.29 bits per heavy atom. The maximum Gasteiger partial charge on any atom is 0.195 e. The van der Waals surface area contributed by atoms with E-state index in [1.807, 2.05) is 11.6 Å². The summed E-state index contributed by atoms with van der Waals surface area (Å²) in [6.45, 7) is 4.03. The molecule has 0 aliphatic carbocycles. The van der Waals surface area contributed by atoms with Crippen molar-refractivity contribution in [2.24, 2.45) is 7.05 Å². The molecule has 17 heavy (non-hydrogen) atoms. The minimum atomic E-state index is 0.907. The molecular weight excluding hydrogens is 232 g/mol. The molecule has 2 aromatic rings. The van der Waals surface area contributed by atoms with E-state index in [9.17, 15) is 0 Å². The fourth-order valence-corrected chi connectivity index (χ4v) is 2.18. The molecule has 1 N–H and O–H groups in total. The number of nitrogens with one attached hydrogen (secondary N) is 1. The molecule has 0 aliphatic heterocycles. The van der Waals surface area contributed by atoms with Gasteiger partial charge in [-0.2, -0.15) is 0 Å². The predicted molar refractivity (Wildman–Crippen MR) is 68.9 cm³/mol. The third-order valence-electron chi connectivity index (χ3n) is 2.38. The summed E-state index contributed by atoms with van der Waals surface area (Å²) in [6, 6.07) is 8.51. The molecular formula is C12H16N4S. The van der Waals surface area contributed by atoms with Gasteiger partial charge in [-0.1, -0.05) is 19.1 Å². The van der Waals surface area contributed by atoms with Crippen LogP contribution < -0.4 is 5.32 Å². The van der Waals surface area contributed by atoms with Crippen LogP contribution in [0.3, 0.4) is 0 Å². The monoisotopic (exact) mass is 248 g/mol. The number of hydrogen-bond acceptors (Lipinski definition) is 4. The first kappa shape index (κ1) is 12.1. The van der Waals surface area contributed by atoms with Gasteiger partial charge in [-0.3, -0.25) is 0 Å². The molecule has 0 aliphatic rings. The normalized spacial score (nSPS) is 10.7. The topological polar surface area (TPSA) is 42.7 Å². The van der Waals surface area contributed by atoms with Crippen molar-refractivity contribution in [3.63, 3.8) is 0 Å². The summed E-state index contributed by atoms with van der Waals surface area (Å²) in [5, 5.41) is 12.1. The molecule has 2 rings (SSSR count). The van der Waals surface area contributed by atoms with Crippen LogP contribution in [0.5, 0.6) is 0 Å². The van der Waals surface area contributed by atoms with Crippen LogP contribution >= 0.6 is 11.8 Å². The van der Waals surface area contributed by atoms with Gasteiger partial charge >= 0.3 is 0 Å². The summed E-state index contributed by atoms with van der Waals surface area (Å²) in [6.07, 6.45) is 1.71. The van der Waals surface area contributed by atoms with Gasteiger partial charge in [-0.15, -0.1) is 10.2 Å². The second-order valence-electron chi connectivity index (χ2n) is 3.75. The Hall–Kier alpha value is -1.33. The number of rotatable bonds is 5. The maximum atomic E-state index is 4.05. The fourth-order valence-electron chi connectivity index (χ4n) is 1.42. The number of aromatic nitrogens is 3. The molecule has 90 valence electrons. The van der Waals surface area contributed by atoms with Crippen LogP contribution in [0.2, 0.25) is 0 Å². The Kier molecular flexibility index (Phi) is 4.17. The van der Waals surface area contributed by atoms with Crippen molar-refractivity contribution in [3.8, 4) is 0 Å². The molecule has 1 aromatic heterocycles. The highest BCUT2D eigenvalue weighted by Crippen LogP contribution is 2.25. The number of nitrogens with zero attached hydrogens (tertiary/aromatic N) is 3. The molecule has 0 saturated heterocycles. The number of hydrogen-bond donors (Lipinski definition) is 1. The molecule has 0 radical (unpaired) electrons. The first-order chi connectivity index (χ1) is 8.29. The van der Waals surface area contributed by atoms with Crippen LogP contribution in [0, 0.1) is 0 Å². The van der Waals surface area contributed by atoms with E-state index in [2.05, 4.69) is 46.7 Å². The molecule has 5 heteroatoms. The molecule has 0 atom stereocenters. The van der Waals surface area contributed by atoms with Crippen LogP contribution in [0.15, 0.2) is 40.6 Å². The van der Waals surface area contributed by atoms with E-state index < -0.39 is 0 Å². The zero-order valence-corrected chi connectivity index (χ0v) is 10.9. The molecule has 0 spiro atoms. The van der Waals surface area contributed by atoms with Crippen molar-refractivity contribution in [1.82, 2.24) is 20.1 Å². The van der Waals surface area contributed by atoms with Gasteiger partial charge in [-0.05, 0) is 36.0 Å². The lowest BCUT2D eigenvalue weighted by molar-refractivity contribution is 0.726. The van der Waals surface area contributed by atoms with Gasteiger partial charge in [0.1, 0.15) is 6.33 Å². The summed E-state index contributed by atoms with van der Waals surface area (Å²) >= 11 is 1.62. The molecule has 0 unspecified atom stereocenters. The zero-order chi connectivity index (χ0) is 12.1. The minimum absolute atomic E-state index is 0.907. The van der Waals surface area contributed by atoms with E-state index in [0.29, 0.717) is 0 Å². The van der Waals surface area contributed by atoms with Crippen LogP contribution in [0.1, 0.15) is 12.5 Å². The molecule has 1 aromatic carbocycles. The molecule has 0 bridgehead atoms. The Morgan fingerprint density at radius 3 is 2.65 bits per heavy atom. The Labute approximate surface area is 105 Å². The predicted octanol–water partition coefficient (Wildman–Crippen LogP) is 2.08. The van der Waals surface area contributed by atoms with Gasteiger partial charge in [-0.25, -0.2) is 0 Å². The van der Waals surface area contributed by atoms with Gasteiger partial charge in [0, 0.05) is 18.5 Å². The van der Waals surface area contributed by atoms with Crippen molar-refractivity contribution in [3.05, 3.63) is 36.2 Å². The first-order valence-corrected chi connectivity index (χ1v) is 6.42. The van der Waals surface area contributed by atoms with E-state index in [4.69, 9.17) is 0 Å². The number of benzene rings is 1. The van der Waals surface area contributed by atoms with E-state index in [1.165, 1.54) is 10.5 Å². The second-order valence-corrected chi connectivity index (χ2v) is 4.79. The lowest BCUT2D eigenvalue weighted by atomic mass is 10.2. The van der Waals surface area contributed by atoms with Gasteiger partial charge < -0.3 is 9.88 Å². The first-order valence-electron chi connectivity index (χ1n) is 5.61. The van der Waals surface area contributed by atoms with E-state index in [1.54, 1.807) is 18.1 Å². The average Bonchev–Trinajstić information content (AvgIpc) is 2.74. The molecule has 4 nitrogen and oxygen atoms in total. The quantitative estimate of drug-likeness (QED) is 0.879. The smallest absolute Gasteiger partial charge is 0.195 e. The highest BCUT2D eigenvalue weighted by Gasteiger charge is 2.03. The molecule has 1 heterocycles. The van der Waals surface area contributed by atoms with E-state index >= 15 is 0 Å². The average molecular weight is 248 g/mol. The van der Waals surface area contributed by atoms with Crippen LogP contribution in [0.4, 0.5) is 0 Å². The van der Waals surface area contributed by atoms with Gasteiger partial charge in [0.05, 0.1) is 0 Å². The Morgan fingerprint density at radius 2 is 2.06 bits per heavy atom. The maximum absolute atomic E-state index is 4.05. The Bertz CT molecular complexity index is 464. The lowest BCUT2D eigenvalue weighted by Crippen LogP contribution is -2.11. The summed E-state index contributed by atoms with van der Waals surface area (Å²) in [4.78, 5) is 1.18. The van der Waals surface area contributed by atoms with Crippen LogP contribution in [0.25, 0.3) is 0 Å². The van der Waals surface area contributed by atoms with Gasteiger partial charge in [0.15, 0.2) is 5.16 Å². The summed E-state index contributed by atoms with van der Waals surface area (Å²) in [5.41, 5.74) is 1.30. The Balaban J connectivity index is 2.01. The third-order valence-corrected chi connectivity index (χ3v) is 3.44. The van der Waals surface area contributed by atoms with E-state index in [0.717, 1.165) is 18.2 Å². The van der Waals surface area contributed by atoms with Crippen LogP contribution in [-0.2, 0) is 13.6 Å². The van der Waals surface area contributed by atoms with Gasteiger partial charge in [0.2, 0.25) is 0 Å². The van der Waals surface area contributed by atoms with Crippen molar-refractivity contribution < 1.29 is 0 Å². The van der Waals surface area contributed by atoms with Crippen molar-refractivity contribution >= 4 is 11.8 Å². The summed E-state index contributed by atoms with van der Waals surface area (Å²) < 4.78 is 1.91. The van der Waals surface area contributed by atoms with Crippen molar-refractivity contribution in [1.29, 1.82) is 0 Å². The number of aryl methyl sites for hydroxylation is 1. The second kappa shape index (κ2) is 5.84. The van der Waals surface area contributed by atoms with Crippen molar-refractivity contribution in [2.45, 2.75) is 23.5 Å². The fraction of sp³-hybridized carbons (Fsp3) is 0.333. The summed E-state index contributed by atoms with van der Waals surface area (Å²) in [5.74, 6) is 0. The highest BCUT2D eigenvalue weighted by atomic mass is 32.2. The molecule has 0 saturated carbocycles. The third kappa shape index (κ3) is 3.31. The van der Waals surface area contributed by atoms with E-state index in [-0.39, 0.29) is 0 Å². The van der Waals surface area contributed by atoms with Crippen LogP contribution in [-0.4, -0.2) is 21.3 Å². The summed E-state index contributed by atoms with van der Waals surface area (Å²) in [7, 11) is 1.95. The van der Waals surface area contributed by atoms with Crippen molar-refractivity contribution in [2.75, 3.05) is 6.54 Å². The standard InChI is InChI=1S/C12H16N4S/c1-3-13-8-10-4-6-11(7-5-10)17-12-15-14-9-16(12)2/h4-7,9,13H,3,8H2,1-2H3. The molecule has 0 amide bonds. The highest BCUT2D eigenvalue weighted by molar-refractivity contribution is 7.99. The minimum Gasteiger partial charge on any atom is -0.313 e. The molecule has 0 fully saturated rings.